The molecule has 0 spiro atoms. The minimum absolute atomic E-state index is 0.00155. The Balaban J connectivity index is 2.44. The van der Waals surface area contributed by atoms with Gasteiger partial charge in [0.25, 0.3) is 0 Å². The van der Waals surface area contributed by atoms with Gasteiger partial charge >= 0.3 is 0 Å². The Hall–Kier alpha value is -1.06. The predicted molar refractivity (Wildman–Crippen MR) is 58.6 cm³/mol. The van der Waals surface area contributed by atoms with E-state index in [1.54, 1.807) is 24.3 Å². The normalized spacial score (nSPS) is 9.86. The van der Waals surface area contributed by atoms with Gasteiger partial charge in [-0.05, 0) is 31.3 Å². The smallest absolute Gasteiger partial charge is 0.225 e. The van der Waals surface area contributed by atoms with Crippen LogP contribution in [0, 0.1) is 0 Å². The molecule has 14 heavy (non-hydrogen) atoms. The Morgan fingerprint density at radius 2 is 2.00 bits per heavy atom. The molecule has 0 saturated carbocycles. The quantitative estimate of drug-likeness (QED) is 0.801. The van der Waals surface area contributed by atoms with E-state index in [1.807, 2.05) is 7.05 Å². The maximum atomic E-state index is 11.3. The van der Waals surface area contributed by atoms with Gasteiger partial charge in [-0.3, -0.25) is 4.79 Å². The van der Waals surface area contributed by atoms with Gasteiger partial charge in [0.1, 0.15) is 0 Å². The largest absolute Gasteiger partial charge is 0.326 e. The standard InChI is InChI=1S/C10H13ClN2O/c1-12-7-6-10(14)13-9-4-2-8(11)3-5-9/h2-5,12H,6-7H2,1H3,(H,13,14). The number of carbonyl (C=O) groups is 1. The van der Waals surface area contributed by atoms with Crippen molar-refractivity contribution in [1.82, 2.24) is 5.32 Å². The minimum atomic E-state index is 0.00155. The third-order valence-corrected chi connectivity index (χ3v) is 1.98. The topological polar surface area (TPSA) is 41.1 Å². The second kappa shape index (κ2) is 5.62. The van der Waals surface area contributed by atoms with E-state index in [1.165, 1.54) is 0 Å². The first-order valence-electron chi connectivity index (χ1n) is 4.42. The van der Waals surface area contributed by atoms with Crippen LogP contribution in [0.4, 0.5) is 5.69 Å². The highest BCUT2D eigenvalue weighted by Crippen LogP contribution is 2.13. The molecule has 0 aliphatic carbocycles. The molecule has 0 aliphatic rings. The van der Waals surface area contributed by atoms with Crippen LogP contribution >= 0.6 is 11.6 Å². The van der Waals surface area contributed by atoms with Crippen LogP contribution in [0.1, 0.15) is 6.42 Å². The Labute approximate surface area is 88.5 Å². The lowest BCUT2D eigenvalue weighted by Gasteiger charge is -2.04. The summed E-state index contributed by atoms with van der Waals surface area (Å²) in [4.78, 5) is 11.3. The Bertz CT molecular complexity index is 297. The SMILES string of the molecule is CNCCC(=O)Nc1ccc(Cl)cc1. The molecule has 0 fully saturated rings. The van der Waals surface area contributed by atoms with E-state index in [9.17, 15) is 4.79 Å². The molecule has 0 radical (unpaired) electrons. The summed E-state index contributed by atoms with van der Waals surface area (Å²) in [5, 5.41) is 6.34. The molecule has 0 bridgehead atoms. The number of carbonyl (C=O) groups excluding carboxylic acids is 1. The van der Waals surface area contributed by atoms with Crippen LogP contribution in [0.25, 0.3) is 0 Å². The van der Waals surface area contributed by atoms with Gasteiger partial charge in [0.05, 0.1) is 0 Å². The van der Waals surface area contributed by atoms with Crippen LogP contribution in [0.2, 0.25) is 5.02 Å². The molecular weight excluding hydrogens is 200 g/mol. The number of nitrogens with one attached hydrogen (secondary N) is 2. The monoisotopic (exact) mass is 212 g/mol. The summed E-state index contributed by atoms with van der Waals surface area (Å²) in [6.45, 7) is 0.680. The Morgan fingerprint density at radius 3 is 2.57 bits per heavy atom. The number of rotatable bonds is 4. The van der Waals surface area contributed by atoms with Gasteiger partial charge in [0.2, 0.25) is 5.91 Å². The summed E-state index contributed by atoms with van der Waals surface area (Å²) in [6.07, 6.45) is 0.471. The van der Waals surface area contributed by atoms with Gasteiger partial charge in [0, 0.05) is 23.7 Å². The first-order valence-corrected chi connectivity index (χ1v) is 4.80. The van der Waals surface area contributed by atoms with E-state index in [4.69, 9.17) is 11.6 Å². The highest BCUT2D eigenvalue weighted by Gasteiger charge is 2.00. The molecule has 76 valence electrons. The van der Waals surface area contributed by atoms with Crippen molar-refractivity contribution >= 4 is 23.2 Å². The molecule has 0 aliphatic heterocycles. The van der Waals surface area contributed by atoms with Crippen molar-refractivity contribution in [2.24, 2.45) is 0 Å². The van der Waals surface area contributed by atoms with Gasteiger partial charge < -0.3 is 10.6 Å². The number of benzene rings is 1. The average Bonchev–Trinajstić information content (AvgIpc) is 2.18. The summed E-state index contributed by atoms with van der Waals surface area (Å²) in [6, 6.07) is 7.05. The van der Waals surface area contributed by atoms with Crippen LogP contribution in [0.15, 0.2) is 24.3 Å². The van der Waals surface area contributed by atoms with Gasteiger partial charge in [-0.1, -0.05) is 11.6 Å². The first-order chi connectivity index (χ1) is 6.72. The highest BCUT2D eigenvalue weighted by molar-refractivity contribution is 6.30. The summed E-state index contributed by atoms with van der Waals surface area (Å²) in [5.74, 6) is 0.00155. The van der Waals surface area contributed by atoms with Crippen LogP contribution < -0.4 is 10.6 Å². The van der Waals surface area contributed by atoms with E-state index in [0.717, 1.165) is 5.69 Å². The van der Waals surface area contributed by atoms with Gasteiger partial charge in [0.15, 0.2) is 0 Å². The third kappa shape index (κ3) is 3.77. The molecule has 2 N–H and O–H groups in total. The Morgan fingerprint density at radius 1 is 1.36 bits per heavy atom. The second-order valence-corrected chi connectivity index (χ2v) is 3.35. The van der Waals surface area contributed by atoms with E-state index in [2.05, 4.69) is 10.6 Å². The molecule has 4 heteroatoms. The van der Waals surface area contributed by atoms with E-state index >= 15 is 0 Å². The lowest BCUT2D eigenvalue weighted by Crippen LogP contribution is -2.18. The lowest BCUT2D eigenvalue weighted by molar-refractivity contribution is -0.116. The fourth-order valence-electron chi connectivity index (χ4n) is 0.995. The van der Waals surface area contributed by atoms with Gasteiger partial charge in [-0.15, -0.1) is 0 Å². The lowest BCUT2D eigenvalue weighted by atomic mass is 10.3. The molecule has 0 saturated heterocycles. The van der Waals surface area contributed by atoms with Crippen LogP contribution in [-0.4, -0.2) is 19.5 Å². The van der Waals surface area contributed by atoms with Crippen molar-refractivity contribution in [3.8, 4) is 0 Å². The zero-order valence-electron chi connectivity index (χ0n) is 8.01. The maximum absolute atomic E-state index is 11.3. The molecule has 0 heterocycles. The number of amides is 1. The zero-order valence-corrected chi connectivity index (χ0v) is 8.77. The molecular formula is C10H13ClN2O. The van der Waals surface area contributed by atoms with Crippen molar-refractivity contribution < 1.29 is 4.79 Å². The second-order valence-electron chi connectivity index (χ2n) is 2.91. The molecule has 0 unspecified atom stereocenters. The first kappa shape index (κ1) is 11.0. The van der Waals surface area contributed by atoms with Crippen LogP contribution in [-0.2, 0) is 4.79 Å². The van der Waals surface area contributed by atoms with Gasteiger partial charge in [-0.25, -0.2) is 0 Å². The zero-order chi connectivity index (χ0) is 10.4. The fourth-order valence-corrected chi connectivity index (χ4v) is 1.12. The number of hydrogen-bond acceptors (Lipinski definition) is 2. The van der Waals surface area contributed by atoms with Crippen LogP contribution in [0.5, 0.6) is 0 Å². The molecule has 0 atom stereocenters. The van der Waals surface area contributed by atoms with Crippen molar-refractivity contribution in [1.29, 1.82) is 0 Å². The van der Waals surface area contributed by atoms with Crippen LogP contribution in [0.3, 0.4) is 0 Å². The summed E-state index contributed by atoms with van der Waals surface area (Å²) >= 11 is 5.71. The van der Waals surface area contributed by atoms with Crippen molar-refractivity contribution in [3.63, 3.8) is 0 Å². The summed E-state index contributed by atoms with van der Waals surface area (Å²) in [5.41, 5.74) is 0.774. The summed E-state index contributed by atoms with van der Waals surface area (Å²) in [7, 11) is 1.82. The molecule has 1 rings (SSSR count). The molecule has 0 aromatic heterocycles. The molecule has 3 nitrogen and oxygen atoms in total. The van der Waals surface area contributed by atoms with Crippen molar-refractivity contribution in [2.45, 2.75) is 6.42 Å². The average molecular weight is 213 g/mol. The predicted octanol–water partition coefficient (Wildman–Crippen LogP) is 1.89. The maximum Gasteiger partial charge on any atom is 0.225 e. The van der Waals surface area contributed by atoms with Gasteiger partial charge in [-0.2, -0.15) is 0 Å². The summed E-state index contributed by atoms with van der Waals surface area (Å²) < 4.78 is 0. The molecule has 1 aromatic carbocycles. The minimum Gasteiger partial charge on any atom is -0.326 e. The fraction of sp³-hybridized carbons (Fsp3) is 0.300. The highest BCUT2D eigenvalue weighted by atomic mass is 35.5. The molecule has 1 aromatic rings. The third-order valence-electron chi connectivity index (χ3n) is 1.73. The number of hydrogen-bond donors (Lipinski definition) is 2. The van der Waals surface area contributed by atoms with Crippen molar-refractivity contribution in [3.05, 3.63) is 29.3 Å². The van der Waals surface area contributed by atoms with Crippen molar-refractivity contribution in [2.75, 3.05) is 18.9 Å². The van der Waals surface area contributed by atoms with E-state index < -0.39 is 0 Å². The molecule has 1 amide bonds. The Kier molecular flexibility index (Phi) is 4.43. The number of halogens is 1. The van der Waals surface area contributed by atoms with E-state index in [-0.39, 0.29) is 5.91 Å². The number of anilines is 1. The van der Waals surface area contributed by atoms with E-state index in [0.29, 0.717) is 18.0 Å².